The molecule has 0 radical (unpaired) electrons. The van der Waals surface area contributed by atoms with Crippen molar-refractivity contribution in [3.05, 3.63) is 11.8 Å². The average Bonchev–Trinajstić information content (AvgIpc) is 2.83. The van der Waals surface area contributed by atoms with Gasteiger partial charge in [0.1, 0.15) is 0 Å². The Labute approximate surface area is 129 Å². The summed E-state index contributed by atoms with van der Waals surface area (Å²) in [4.78, 5) is 0. The number of allylic oxidation sites excluding steroid dienone is 2. The first-order valence-corrected chi connectivity index (χ1v) is 8.97. The van der Waals surface area contributed by atoms with Crippen LogP contribution in [0, 0.1) is 53.3 Å². The number of fused-ring (bicyclic) bond motifs is 5. The van der Waals surface area contributed by atoms with Gasteiger partial charge in [-0.25, -0.2) is 0 Å². The highest BCUT2D eigenvalue weighted by Gasteiger charge is 2.56. The van der Waals surface area contributed by atoms with E-state index < -0.39 is 0 Å². The van der Waals surface area contributed by atoms with E-state index in [2.05, 4.69) is 18.9 Å². The quantitative estimate of drug-likeness (QED) is 0.625. The Morgan fingerprint density at radius 1 is 1.14 bits per heavy atom. The molecular formula is C20H28O. The lowest BCUT2D eigenvalue weighted by atomic mass is 9.50. The predicted molar refractivity (Wildman–Crippen MR) is 85.5 cm³/mol. The second-order valence-electron chi connectivity index (χ2n) is 8.41. The van der Waals surface area contributed by atoms with Crippen molar-refractivity contribution in [1.82, 2.24) is 0 Å². The van der Waals surface area contributed by atoms with Crippen LogP contribution in [0.4, 0.5) is 0 Å². The molecule has 0 bridgehead atoms. The molecule has 0 heterocycles. The van der Waals surface area contributed by atoms with Crippen LogP contribution in [0.15, 0.2) is 11.8 Å². The van der Waals surface area contributed by atoms with Crippen molar-refractivity contribution in [2.45, 2.75) is 58.3 Å². The molecule has 3 fully saturated rings. The lowest BCUT2D eigenvalue weighted by Gasteiger charge is -2.54. The molecule has 0 aliphatic heterocycles. The summed E-state index contributed by atoms with van der Waals surface area (Å²) in [6.45, 7) is 2.49. The summed E-state index contributed by atoms with van der Waals surface area (Å²) in [5, 5.41) is 9.84. The van der Waals surface area contributed by atoms with E-state index in [-0.39, 0.29) is 0 Å². The Balaban J connectivity index is 1.60. The molecule has 4 unspecified atom stereocenters. The highest BCUT2D eigenvalue weighted by atomic mass is 16.3. The van der Waals surface area contributed by atoms with Gasteiger partial charge in [-0.3, -0.25) is 0 Å². The molecule has 4 aliphatic carbocycles. The van der Waals surface area contributed by atoms with Gasteiger partial charge in [0.25, 0.3) is 0 Å². The summed E-state index contributed by atoms with van der Waals surface area (Å²) < 4.78 is 0. The lowest BCUT2D eigenvalue weighted by Crippen LogP contribution is -2.47. The van der Waals surface area contributed by atoms with Crippen LogP contribution in [-0.4, -0.2) is 5.11 Å². The van der Waals surface area contributed by atoms with Gasteiger partial charge in [-0.15, -0.1) is 12.3 Å². The van der Waals surface area contributed by atoms with Crippen LogP contribution in [0.25, 0.3) is 0 Å². The first-order chi connectivity index (χ1) is 10.1. The van der Waals surface area contributed by atoms with Crippen LogP contribution in [0.5, 0.6) is 0 Å². The summed E-state index contributed by atoms with van der Waals surface area (Å²) in [6.07, 6.45) is 18.1. The minimum absolute atomic E-state index is 0.426. The molecule has 114 valence electrons. The zero-order chi connectivity index (χ0) is 14.6. The second kappa shape index (κ2) is 4.80. The van der Waals surface area contributed by atoms with Gasteiger partial charge in [0, 0.05) is 12.3 Å². The Morgan fingerprint density at radius 2 is 2.00 bits per heavy atom. The van der Waals surface area contributed by atoms with Crippen molar-refractivity contribution in [3.63, 3.8) is 0 Å². The lowest BCUT2D eigenvalue weighted by molar-refractivity contribution is -0.0482. The molecule has 0 aromatic heterocycles. The van der Waals surface area contributed by atoms with Crippen LogP contribution in [-0.2, 0) is 0 Å². The molecule has 0 spiro atoms. The van der Waals surface area contributed by atoms with E-state index in [1.807, 2.05) is 0 Å². The van der Waals surface area contributed by atoms with Crippen molar-refractivity contribution in [2.24, 2.45) is 40.9 Å². The fraction of sp³-hybridized carbons (Fsp3) is 0.800. The number of hydrogen-bond acceptors (Lipinski definition) is 1. The SMILES string of the molecule is C#C[C@H]1CCC2C3CC[C@H]4CC(O)=CCC4C3CC[C@@]21C. The third-order valence-electron chi connectivity index (χ3n) is 7.82. The van der Waals surface area contributed by atoms with Gasteiger partial charge in [0.15, 0.2) is 0 Å². The van der Waals surface area contributed by atoms with Crippen LogP contribution >= 0.6 is 0 Å². The number of hydrogen-bond donors (Lipinski definition) is 1. The zero-order valence-electron chi connectivity index (χ0n) is 13.2. The average molecular weight is 284 g/mol. The minimum atomic E-state index is 0.426. The molecule has 4 rings (SSSR count). The summed E-state index contributed by atoms with van der Waals surface area (Å²) >= 11 is 0. The first-order valence-electron chi connectivity index (χ1n) is 8.97. The van der Waals surface area contributed by atoms with E-state index in [0.717, 1.165) is 42.4 Å². The van der Waals surface area contributed by atoms with E-state index in [1.165, 1.54) is 38.5 Å². The molecule has 4 aliphatic rings. The van der Waals surface area contributed by atoms with Gasteiger partial charge in [-0.2, -0.15) is 0 Å². The molecular weight excluding hydrogens is 256 g/mol. The molecule has 21 heavy (non-hydrogen) atoms. The summed E-state index contributed by atoms with van der Waals surface area (Å²) in [5.41, 5.74) is 0.426. The molecule has 1 heteroatoms. The van der Waals surface area contributed by atoms with E-state index in [9.17, 15) is 5.11 Å². The third-order valence-corrected chi connectivity index (χ3v) is 7.82. The van der Waals surface area contributed by atoms with Crippen molar-refractivity contribution in [3.8, 4) is 12.3 Å². The standard InChI is InChI=1S/C20H28O/c1-3-14-5-9-19-18-7-4-13-12-15(21)6-8-16(13)17(18)10-11-20(14,19)2/h1,6,13-14,16-19,21H,4-5,7-12H2,2H3/t13-,14-,16?,17?,18?,19?,20+/m0/s1. The largest absolute Gasteiger partial charge is 0.513 e. The molecule has 0 amide bonds. The molecule has 1 nitrogen and oxygen atoms in total. The van der Waals surface area contributed by atoms with Crippen molar-refractivity contribution < 1.29 is 5.11 Å². The zero-order valence-corrected chi connectivity index (χ0v) is 13.2. The Bertz CT molecular complexity index is 498. The van der Waals surface area contributed by atoms with E-state index in [4.69, 9.17) is 6.42 Å². The Kier molecular flexibility index (Phi) is 3.14. The highest BCUT2D eigenvalue weighted by molar-refractivity contribution is 5.14. The van der Waals surface area contributed by atoms with Gasteiger partial charge in [0.2, 0.25) is 0 Å². The van der Waals surface area contributed by atoms with Crippen LogP contribution < -0.4 is 0 Å². The summed E-state index contributed by atoms with van der Waals surface area (Å²) in [5.74, 6) is 8.59. The smallest absolute Gasteiger partial charge is 0.0885 e. The van der Waals surface area contributed by atoms with E-state index in [1.54, 1.807) is 0 Å². The van der Waals surface area contributed by atoms with Gasteiger partial charge < -0.3 is 5.11 Å². The van der Waals surface area contributed by atoms with Crippen molar-refractivity contribution in [1.29, 1.82) is 0 Å². The van der Waals surface area contributed by atoms with E-state index in [0.29, 0.717) is 17.1 Å². The highest BCUT2D eigenvalue weighted by Crippen LogP contribution is 2.63. The Hall–Kier alpha value is -0.900. The normalized spacial score (nSPS) is 52.1. The molecule has 1 N–H and O–H groups in total. The topological polar surface area (TPSA) is 20.2 Å². The first kappa shape index (κ1) is 13.7. The molecule has 0 aromatic carbocycles. The number of aliphatic hydroxyl groups is 1. The minimum Gasteiger partial charge on any atom is -0.513 e. The van der Waals surface area contributed by atoms with Crippen LogP contribution in [0.3, 0.4) is 0 Å². The predicted octanol–water partition coefficient (Wildman–Crippen LogP) is 4.94. The summed E-state index contributed by atoms with van der Waals surface area (Å²) in [7, 11) is 0. The van der Waals surface area contributed by atoms with Gasteiger partial charge in [0.05, 0.1) is 5.76 Å². The van der Waals surface area contributed by atoms with Crippen molar-refractivity contribution in [2.75, 3.05) is 0 Å². The number of terminal acetylenes is 1. The maximum absolute atomic E-state index is 9.84. The monoisotopic (exact) mass is 284 g/mol. The molecule has 7 atom stereocenters. The van der Waals surface area contributed by atoms with Crippen LogP contribution in [0.1, 0.15) is 58.3 Å². The number of rotatable bonds is 0. The second-order valence-corrected chi connectivity index (χ2v) is 8.41. The number of aliphatic hydroxyl groups excluding tert-OH is 1. The third kappa shape index (κ3) is 1.91. The maximum atomic E-state index is 9.84. The van der Waals surface area contributed by atoms with Gasteiger partial charge in [-0.1, -0.05) is 6.92 Å². The molecule has 0 aromatic rings. The Morgan fingerprint density at radius 3 is 2.81 bits per heavy atom. The fourth-order valence-corrected chi connectivity index (χ4v) is 6.75. The van der Waals surface area contributed by atoms with Crippen molar-refractivity contribution >= 4 is 0 Å². The molecule has 0 saturated heterocycles. The molecule has 3 saturated carbocycles. The van der Waals surface area contributed by atoms with Gasteiger partial charge in [-0.05, 0) is 86.0 Å². The maximum Gasteiger partial charge on any atom is 0.0885 e. The van der Waals surface area contributed by atoms with E-state index >= 15 is 0 Å². The fourth-order valence-electron chi connectivity index (χ4n) is 6.75. The van der Waals surface area contributed by atoms with Gasteiger partial charge >= 0.3 is 0 Å². The van der Waals surface area contributed by atoms with Crippen LogP contribution in [0.2, 0.25) is 0 Å². The summed E-state index contributed by atoms with van der Waals surface area (Å²) in [6, 6.07) is 0.